The Balaban J connectivity index is 1.55. The van der Waals surface area contributed by atoms with Crippen molar-refractivity contribution < 1.29 is 9.90 Å². The van der Waals surface area contributed by atoms with Crippen molar-refractivity contribution in [3.05, 3.63) is 52.0 Å². The van der Waals surface area contributed by atoms with Crippen LogP contribution in [-0.2, 0) is 17.6 Å². The first-order chi connectivity index (χ1) is 14.1. The molecule has 1 heterocycles. The van der Waals surface area contributed by atoms with Gasteiger partial charge in [-0.3, -0.25) is 4.79 Å². The van der Waals surface area contributed by atoms with Crippen LogP contribution in [0.3, 0.4) is 0 Å². The largest absolute Gasteiger partial charge is 0.388 e. The third kappa shape index (κ3) is 6.37. The van der Waals surface area contributed by atoms with Gasteiger partial charge in [0.05, 0.1) is 11.1 Å². The molecule has 5 heteroatoms. The lowest BCUT2D eigenvalue weighted by Gasteiger charge is -2.21. The number of benzene rings is 1. The van der Waals surface area contributed by atoms with Gasteiger partial charge in [0.15, 0.2) is 0 Å². The van der Waals surface area contributed by atoms with E-state index in [1.807, 2.05) is 23.7 Å². The number of ketones is 1. The molecule has 3 rings (SSSR count). The molecule has 0 radical (unpaired) electrons. The molecule has 2 aromatic rings. The van der Waals surface area contributed by atoms with Gasteiger partial charge in [-0.15, -0.1) is 22.9 Å². The summed E-state index contributed by atoms with van der Waals surface area (Å²) in [6.45, 7) is 2.14. The SMILES string of the molecule is CCCCC(O)c1cccc(CC[C@H]2C(Cl)CC(=O)[C@@H]2CCCc2nccs2)c1. The van der Waals surface area contributed by atoms with E-state index in [9.17, 15) is 9.90 Å². The number of nitrogens with zero attached hydrogens (tertiary/aromatic N) is 1. The van der Waals surface area contributed by atoms with Gasteiger partial charge in [-0.25, -0.2) is 4.98 Å². The van der Waals surface area contributed by atoms with Crippen LogP contribution in [0.5, 0.6) is 0 Å². The van der Waals surface area contributed by atoms with Gasteiger partial charge in [-0.2, -0.15) is 0 Å². The van der Waals surface area contributed by atoms with Crippen molar-refractivity contribution in [2.75, 3.05) is 0 Å². The monoisotopic (exact) mass is 433 g/mol. The van der Waals surface area contributed by atoms with Crippen LogP contribution in [0.15, 0.2) is 35.8 Å². The Hall–Kier alpha value is -1.23. The summed E-state index contributed by atoms with van der Waals surface area (Å²) in [5.41, 5.74) is 2.23. The number of aryl methyl sites for hydroxylation is 2. The van der Waals surface area contributed by atoms with Crippen LogP contribution in [0.4, 0.5) is 0 Å². The number of aliphatic hydroxyl groups excluding tert-OH is 1. The first-order valence-electron chi connectivity index (χ1n) is 10.9. The molecule has 1 fully saturated rings. The smallest absolute Gasteiger partial charge is 0.137 e. The number of carbonyl (C=O) groups is 1. The predicted octanol–water partition coefficient (Wildman–Crippen LogP) is 6.13. The minimum Gasteiger partial charge on any atom is -0.388 e. The van der Waals surface area contributed by atoms with E-state index in [2.05, 4.69) is 24.0 Å². The van der Waals surface area contributed by atoms with Gasteiger partial charge in [0.2, 0.25) is 0 Å². The van der Waals surface area contributed by atoms with E-state index in [1.165, 1.54) is 5.56 Å². The zero-order chi connectivity index (χ0) is 20.6. The van der Waals surface area contributed by atoms with Crippen molar-refractivity contribution in [2.24, 2.45) is 11.8 Å². The maximum Gasteiger partial charge on any atom is 0.137 e. The first-order valence-corrected chi connectivity index (χ1v) is 12.2. The molecular formula is C24H32ClNO2S. The van der Waals surface area contributed by atoms with E-state index in [0.29, 0.717) is 12.2 Å². The molecule has 0 saturated heterocycles. The molecule has 1 N–H and O–H groups in total. The molecule has 4 atom stereocenters. The fraction of sp³-hybridized carbons (Fsp3) is 0.583. The van der Waals surface area contributed by atoms with Crippen molar-refractivity contribution in [1.82, 2.24) is 4.98 Å². The fourth-order valence-corrected chi connectivity index (χ4v) is 5.56. The number of rotatable bonds is 11. The molecule has 158 valence electrons. The molecule has 0 amide bonds. The lowest BCUT2D eigenvalue weighted by Crippen LogP contribution is -2.19. The Morgan fingerprint density at radius 3 is 2.90 bits per heavy atom. The standard InChI is InChI=1S/C24H32ClNO2S/c1-2-3-9-22(27)18-7-4-6-17(15-18)11-12-19-20(23(28)16-21(19)25)8-5-10-24-26-13-14-29-24/h4,6-7,13-15,19-22,27H,2-3,5,8-12,16H2,1H3/t19-,20-,21?,22?/m1/s1. The summed E-state index contributed by atoms with van der Waals surface area (Å²) in [5, 5.41) is 13.5. The Morgan fingerprint density at radius 1 is 1.28 bits per heavy atom. The number of aromatic nitrogens is 1. The van der Waals surface area contributed by atoms with Crippen molar-refractivity contribution in [3.8, 4) is 0 Å². The highest BCUT2D eigenvalue weighted by Gasteiger charge is 2.40. The maximum absolute atomic E-state index is 12.5. The normalized spacial score (nSPS) is 22.9. The Bertz CT molecular complexity index is 764. The van der Waals surface area contributed by atoms with Crippen LogP contribution in [0, 0.1) is 11.8 Å². The summed E-state index contributed by atoms with van der Waals surface area (Å²) in [6, 6.07) is 8.28. The summed E-state index contributed by atoms with van der Waals surface area (Å²) >= 11 is 8.26. The summed E-state index contributed by atoms with van der Waals surface area (Å²) in [7, 11) is 0. The lowest BCUT2D eigenvalue weighted by molar-refractivity contribution is -0.121. The minimum absolute atomic E-state index is 0.0503. The van der Waals surface area contributed by atoms with Crippen molar-refractivity contribution >= 4 is 28.7 Å². The highest BCUT2D eigenvalue weighted by atomic mass is 35.5. The van der Waals surface area contributed by atoms with Crippen molar-refractivity contribution in [3.63, 3.8) is 0 Å². The summed E-state index contributed by atoms with van der Waals surface area (Å²) in [4.78, 5) is 16.8. The van der Waals surface area contributed by atoms with Crippen LogP contribution in [-0.4, -0.2) is 21.3 Å². The van der Waals surface area contributed by atoms with Gasteiger partial charge in [-0.1, -0.05) is 44.0 Å². The van der Waals surface area contributed by atoms with E-state index in [-0.39, 0.29) is 23.3 Å². The minimum atomic E-state index is -0.387. The fourth-order valence-electron chi connectivity index (χ4n) is 4.45. The van der Waals surface area contributed by atoms with Gasteiger partial charge in [0.25, 0.3) is 0 Å². The lowest BCUT2D eigenvalue weighted by atomic mass is 9.86. The molecule has 1 aliphatic rings. The highest BCUT2D eigenvalue weighted by Crippen LogP contribution is 2.39. The number of Topliss-reactive ketones (excluding diaryl/α,β-unsaturated/α-hetero) is 1. The van der Waals surface area contributed by atoms with E-state index >= 15 is 0 Å². The molecular weight excluding hydrogens is 402 g/mol. The number of carbonyl (C=O) groups excluding carboxylic acids is 1. The Labute approximate surface area is 183 Å². The van der Waals surface area contributed by atoms with E-state index < -0.39 is 0 Å². The van der Waals surface area contributed by atoms with Crippen LogP contribution in [0.1, 0.15) is 74.1 Å². The number of unbranched alkanes of at least 4 members (excludes halogenated alkanes) is 1. The molecule has 0 aliphatic heterocycles. The van der Waals surface area contributed by atoms with Gasteiger partial charge in [-0.05, 0) is 55.6 Å². The zero-order valence-corrected chi connectivity index (χ0v) is 18.8. The number of thiazole rings is 1. The van der Waals surface area contributed by atoms with Crippen LogP contribution < -0.4 is 0 Å². The summed E-state index contributed by atoms with van der Waals surface area (Å²) in [6.07, 6.45) is 9.55. The highest BCUT2D eigenvalue weighted by molar-refractivity contribution is 7.09. The van der Waals surface area contributed by atoms with Gasteiger partial charge < -0.3 is 5.11 Å². The molecule has 3 nitrogen and oxygen atoms in total. The summed E-state index contributed by atoms with van der Waals surface area (Å²) in [5.74, 6) is 0.655. The molecule has 0 spiro atoms. The van der Waals surface area contributed by atoms with Crippen LogP contribution >= 0.6 is 22.9 Å². The first kappa shape index (κ1) is 22.5. The second-order valence-electron chi connectivity index (χ2n) is 8.22. The number of aliphatic hydroxyl groups is 1. The number of alkyl halides is 1. The molecule has 1 aromatic carbocycles. The molecule has 1 aromatic heterocycles. The van der Waals surface area contributed by atoms with Crippen molar-refractivity contribution in [2.45, 2.75) is 76.2 Å². The number of halogens is 1. The van der Waals surface area contributed by atoms with E-state index in [1.54, 1.807) is 11.3 Å². The van der Waals surface area contributed by atoms with Crippen LogP contribution in [0.2, 0.25) is 0 Å². The van der Waals surface area contributed by atoms with Gasteiger partial charge >= 0.3 is 0 Å². The third-order valence-electron chi connectivity index (χ3n) is 6.11. The Kier molecular flexibility index (Phi) is 8.70. The van der Waals surface area contributed by atoms with E-state index in [4.69, 9.17) is 11.6 Å². The molecule has 0 bridgehead atoms. The van der Waals surface area contributed by atoms with Gasteiger partial charge in [0, 0.05) is 29.3 Å². The Morgan fingerprint density at radius 2 is 2.14 bits per heavy atom. The second-order valence-corrected chi connectivity index (χ2v) is 9.76. The van der Waals surface area contributed by atoms with Gasteiger partial charge in [0.1, 0.15) is 5.78 Å². The van der Waals surface area contributed by atoms with E-state index in [0.717, 1.165) is 61.9 Å². The maximum atomic E-state index is 12.5. The van der Waals surface area contributed by atoms with Crippen LogP contribution in [0.25, 0.3) is 0 Å². The number of hydrogen-bond donors (Lipinski definition) is 1. The van der Waals surface area contributed by atoms with Crippen molar-refractivity contribution in [1.29, 1.82) is 0 Å². The average molecular weight is 434 g/mol. The molecule has 29 heavy (non-hydrogen) atoms. The average Bonchev–Trinajstić information content (AvgIpc) is 3.33. The zero-order valence-electron chi connectivity index (χ0n) is 17.2. The topological polar surface area (TPSA) is 50.2 Å². The predicted molar refractivity (Wildman–Crippen MR) is 121 cm³/mol. The molecule has 2 unspecified atom stereocenters. The molecule has 1 saturated carbocycles. The second kappa shape index (κ2) is 11.2. The quantitative estimate of drug-likeness (QED) is 0.433. The third-order valence-corrected chi connectivity index (χ3v) is 7.43. The number of hydrogen-bond acceptors (Lipinski definition) is 4. The molecule has 1 aliphatic carbocycles. The summed E-state index contributed by atoms with van der Waals surface area (Å²) < 4.78 is 0.